The van der Waals surface area contributed by atoms with Crippen molar-refractivity contribution in [1.82, 2.24) is 0 Å². The lowest BCUT2D eigenvalue weighted by Gasteiger charge is -2.10. The number of esters is 1. The maximum atomic E-state index is 12.5. The molecular weight excluding hydrogens is 388 g/mol. The lowest BCUT2D eigenvalue weighted by atomic mass is 9.98. The minimum absolute atomic E-state index is 0.0191. The van der Waals surface area contributed by atoms with Gasteiger partial charge in [0.15, 0.2) is 16.4 Å². The summed E-state index contributed by atoms with van der Waals surface area (Å²) in [5, 5.41) is 0.0223. The SMILES string of the molecule is CCc1ccc(CC)c(C(=O)COC(=O)c2ccc(Cl)c(S(C)(=O)=O)c2)c1. The largest absolute Gasteiger partial charge is 0.454 e. The standard InChI is InChI=1S/C20H21ClO5S/c1-4-13-6-7-14(5-2)16(10-13)18(22)12-26-20(23)15-8-9-17(21)19(11-15)27(3,24)25/h6-11H,4-5,12H2,1-3H3. The van der Waals surface area contributed by atoms with E-state index < -0.39 is 22.4 Å². The van der Waals surface area contributed by atoms with Crippen LogP contribution in [-0.2, 0) is 27.4 Å². The van der Waals surface area contributed by atoms with E-state index in [-0.39, 0.29) is 21.3 Å². The molecule has 0 N–H and O–H groups in total. The topological polar surface area (TPSA) is 77.5 Å². The van der Waals surface area contributed by atoms with Crippen LogP contribution < -0.4 is 0 Å². The molecule has 0 aromatic heterocycles. The summed E-state index contributed by atoms with van der Waals surface area (Å²) in [6.07, 6.45) is 2.48. The van der Waals surface area contributed by atoms with Gasteiger partial charge in [0.05, 0.1) is 15.5 Å². The highest BCUT2D eigenvalue weighted by Crippen LogP contribution is 2.23. The summed E-state index contributed by atoms with van der Waals surface area (Å²) in [7, 11) is -3.59. The molecule has 144 valence electrons. The molecule has 0 aliphatic heterocycles. The molecule has 0 radical (unpaired) electrons. The molecule has 27 heavy (non-hydrogen) atoms. The van der Waals surface area contributed by atoms with Crippen molar-refractivity contribution in [2.24, 2.45) is 0 Å². The summed E-state index contributed by atoms with van der Waals surface area (Å²) >= 11 is 5.87. The number of hydrogen-bond donors (Lipinski definition) is 0. The number of carbonyl (C=O) groups is 2. The van der Waals surface area contributed by atoms with Gasteiger partial charge in [0.1, 0.15) is 0 Å². The third-order valence-electron chi connectivity index (χ3n) is 4.16. The Bertz CT molecular complexity index is 980. The number of ether oxygens (including phenoxy) is 1. The average Bonchev–Trinajstić information content (AvgIpc) is 2.64. The summed E-state index contributed by atoms with van der Waals surface area (Å²) in [6, 6.07) is 9.53. The van der Waals surface area contributed by atoms with E-state index in [2.05, 4.69) is 0 Å². The molecule has 0 fully saturated rings. The molecule has 7 heteroatoms. The van der Waals surface area contributed by atoms with Crippen molar-refractivity contribution in [3.05, 3.63) is 63.7 Å². The number of benzene rings is 2. The Morgan fingerprint density at radius 2 is 1.74 bits per heavy atom. The van der Waals surface area contributed by atoms with Crippen LogP contribution in [-0.4, -0.2) is 33.0 Å². The fraction of sp³-hybridized carbons (Fsp3) is 0.300. The van der Waals surface area contributed by atoms with Crippen LogP contribution in [0.3, 0.4) is 0 Å². The first-order chi connectivity index (χ1) is 12.7. The lowest BCUT2D eigenvalue weighted by molar-refractivity contribution is 0.0474. The van der Waals surface area contributed by atoms with Gasteiger partial charge in [-0.25, -0.2) is 13.2 Å². The summed E-state index contributed by atoms with van der Waals surface area (Å²) in [4.78, 5) is 24.6. The molecule has 0 saturated heterocycles. The number of sulfone groups is 1. The van der Waals surface area contributed by atoms with Gasteiger partial charge in [-0.2, -0.15) is 0 Å². The molecule has 2 aromatic rings. The molecule has 2 aromatic carbocycles. The van der Waals surface area contributed by atoms with Crippen molar-refractivity contribution in [3.8, 4) is 0 Å². The molecule has 0 saturated carbocycles. The Kier molecular flexibility index (Phi) is 6.78. The van der Waals surface area contributed by atoms with E-state index in [1.54, 1.807) is 0 Å². The summed E-state index contributed by atoms with van der Waals surface area (Å²) in [6.45, 7) is 3.52. The van der Waals surface area contributed by atoms with Gasteiger partial charge in [-0.1, -0.05) is 37.6 Å². The van der Waals surface area contributed by atoms with Crippen LogP contribution in [0.5, 0.6) is 0 Å². The molecule has 0 aliphatic carbocycles. The van der Waals surface area contributed by atoms with E-state index in [0.717, 1.165) is 29.9 Å². The first kappa shape index (κ1) is 21.1. The number of Topliss-reactive ketones (excluding diaryl/α,β-unsaturated/α-hetero) is 1. The molecule has 0 amide bonds. The second-order valence-corrected chi connectivity index (χ2v) is 8.51. The van der Waals surface area contributed by atoms with Crippen molar-refractivity contribution in [2.45, 2.75) is 31.6 Å². The molecule has 0 aliphatic rings. The molecule has 0 spiro atoms. The fourth-order valence-corrected chi connectivity index (χ4v) is 3.92. The minimum atomic E-state index is -3.59. The predicted octanol–water partition coefficient (Wildman–Crippen LogP) is 3.91. The zero-order valence-electron chi connectivity index (χ0n) is 15.4. The summed E-state index contributed by atoms with van der Waals surface area (Å²) in [5.74, 6) is -1.08. The molecular formula is C20H21ClO5S. The quantitative estimate of drug-likeness (QED) is 0.512. The highest BCUT2D eigenvalue weighted by molar-refractivity contribution is 7.90. The number of halogens is 1. The Balaban J connectivity index is 2.18. The third-order valence-corrected chi connectivity index (χ3v) is 5.74. The lowest BCUT2D eigenvalue weighted by Crippen LogP contribution is -2.16. The van der Waals surface area contributed by atoms with Crippen LogP contribution in [0.4, 0.5) is 0 Å². The van der Waals surface area contributed by atoms with E-state index in [1.807, 2.05) is 32.0 Å². The highest BCUT2D eigenvalue weighted by atomic mass is 35.5. The number of carbonyl (C=O) groups excluding carboxylic acids is 2. The van der Waals surface area contributed by atoms with Crippen LogP contribution in [0, 0.1) is 0 Å². The number of aryl methyl sites for hydroxylation is 2. The molecule has 0 heterocycles. The van der Waals surface area contributed by atoms with Crippen LogP contribution in [0.15, 0.2) is 41.3 Å². The first-order valence-electron chi connectivity index (χ1n) is 8.49. The van der Waals surface area contributed by atoms with Crippen molar-refractivity contribution >= 4 is 33.2 Å². The summed E-state index contributed by atoms with van der Waals surface area (Å²) in [5.41, 5.74) is 2.47. The van der Waals surface area contributed by atoms with E-state index in [9.17, 15) is 18.0 Å². The average molecular weight is 409 g/mol. The normalized spacial score (nSPS) is 11.3. The third kappa shape index (κ3) is 5.17. The highest BCUT2D eigenvalue weighted by Gasteiger charge is 2.18. The maximum absolute atomic E-state index is 12.5. The molecule has 0 bridgehead atoms. The van der Waals surface area contributed by atoms with Gasteiger partial charge in [0, 0.05) is 11.8 Å². The second-order valence-electron chi connectivity index (χ2n) is 6.12. The Labute approximate surface area is 164 Å². The van der Waals surface area contributed by atoms with Gasteiger partial charge >= 0.3 is 5.97 Å². The minimum Gasteiger partial charge on any atom is -0.454 e. The summed E-state index contributed by atoms with van der Waals surface area (Å²) < 4.78 is 28.5. The maximum Gasteiger partial charge on any atom is 0.338 e. The van der Waals surface area contributed by atoms with Crippen molar-refractivity contribution in [3.63, 3.8) is 0 Å². The first-order valence-corrected chi connectivity index (χ1v) is 10.8. The number of rotatable bonds is 7. The van der Waals surface area contributed by atoms with Gasteiger partial charge < -0.3 is 4.74 Å². The predicted molar refractivity (Wildman–Crippen MR) is 104 cm³/mol. The van der Waals surface area contributed by atoms with Crippen LogP contribution in [0.1, 0.15) is 45.7 Å². The van der Waals surface area contributed by atoms with E-state index in [1.165, 1.54) is 12.1 Å². The smallest absolute Gasteiger partial charge is 0.338 e. The fourth-order valence-electron chi connectivity index (χ4n) is 2.62. The molecule has 0 unspecified atom stereocenters. The van der Waals surface area contributed by atoms with Gasteiger partial charge in [-0.05, 0) is 48.2 Å². The van der Waals surface area contributed by atoms with Gasteiger partial charge in [0.25, 0.3) is 0 Å². The van der Waals surface area contributed by atoms with Gasteiger partial charge in [-0.3, -0.25) is 4.79 Å². The van der Waals surface area contributed by atoms with Gasteiger partial charge in [0.2, 0.25) is 5.78 Å². The van der Waals surface area contributed by atoms with Gasteiger partial charge in [-0.15, -0.1) is 0 Å². The zero-order chi connectivity index (χ0) is 20.2. The van der Waals surface area contributed by atoms with E-state index in [0.29, 0.717) is 12.0 Å². The van der Waals surface area contributed by atoms with Crippen molar-refractivity contribution in [1.29, 1.82) is 0 Å². The van der Waals surface area contributed by atoms with E-state index >= 15 is 0 Å². The monoisotopic (exact) mass is 408 g/mol. The molecule has 5 nitrogen and oxygen atoms in total. The zero-order valence-corrected chi connectivity index (χ0v) is 17.0. The van der Waals surface area contributed by atoms with Crippen molar-refractivity contribution in [2.75, 3.05) is 12.9 Å². The van der Waals surface area contributed by atoms with Crippen LogP contribution in [0.25, 0.3) is 0 Å². The number of hydrogen-bond acceptors (Lipinski definition) is 5. The second kappa shape index (κ2) is 8.67. The molecule has 2 rings (SSSR count). The van der Waals surface area contributed by atoms with Crippen molar-refractivity contribution < 1.29 is 22.7 Å². The Morgan fingerprint density at radius 1 is 1.04 bits per heavy atom. The Morgan fingerprint density at radius 3 is 2.33 bits per heavy atom. The Hall–Kier alpha value is -2.18. The van der Waals surface area contributed by atoms with Crippen LogP contribution in [0.2, 0.25) is 5.02 Å². The van der Waals surface area contributed by atoms with Crippen LogP contribution >= 0.6 is 11.6 Å². The molecule has 0 atom stereocenters. The number of ketones is 1. The van der Waals surface area contributed by atoms with E-state index in [4.69, 9.17) is 16.3 Å².